The van der Waals surface area contributed by atoms with Crippen LogP contribution in [0.15, 0.2) is 85.3 Å². The molecule has 0 fully saturated rings. The summed E-state index contributed by atoms with van der Waals surface area (Å²) in [6.45, 7) is 2.00. The van der Waals surface area contributed by atoms with E-state index in [-0.39, 0.29) is 11.6 Å². The summed E-state index contributed by atoms with van der Waals surface area (Å²) in [6, 6.07) is 21.3. The summed E-state index contributed by atoms with van der Waals surface area (Å²) in [5.41, 5.74) is 5.64. The third kappa shape index (κ3) is 3.44. The topological polar surface area (TPSA) is 77.1 Å². The van der Waals surface area contributed by atoms with Gasteiger partial charge >= 0.3 is 0 Å². The zero-order chi connectivity index (χ0) is 20.5. The van der Waals surface area contributed by atoms with E-state index in [2.05, 4.69) is 20.6 Å². The van der Waals surface area contributed by atoms with Crippen molar-refractivity contribution >= 4 is 17.2 Å². The highest BCUT2D eigenvalue weighted by Gasteiger charge is 2.12. The van der Waals surface area contributed by atoms with Crippen LogP contribution in [0, 0.1) is 6.92 Å². The Morgan fingerprint density at radius 1 is 0.967 bits per heavy atom. The second kappa shape index (κ2) is 7.29. The smallest absolute Gasteiger partial charge is 0.277 e. The molecule has 0 bridgehead atoms. The first-order valence-electron chi connectivity index (χ1n) is 9.51. The first-order valence-corrected chi connectivity index (χ1v) is 9.51. The van der Waals surface area contributed by atoms with Gasteiger partial charge in [0.15, 0.2) is 5.69 Å². The molecule has 0 aliphatic rings. The van der Waals surface area contributed by atoms with Crippen molar-refractivity contribution in [2.45, 2.75) is 6.92 Å². The van der Waals surface area contributed by atoms with Crippen LogP contribution in [0.1, 0.15) is 16.1 Å². The number of nitrogens with zero attached hydrogens (tertiary/aromatic N) is 5. The lowest BCUT2D eigenvalue weighted by atomic mass is 10.1. The van der Waals surface area contributed by atoms with Crippen molar-refractivity contribution in [2.24, 2.45) is 0 Å². The van der Waals surface area contributed by atoms with Crippen LogP contribution < -0.4 is 5.32 Å². The number of amides is 1. The van der Waals surface area contributed by atoms with E-state index >= 15 is 0 Å². The van der Waals surface area contributed by atoms with E-state index in [0.717, 1.165) is 28.2 Å². The van der Waals surface area contributed by atoms with E-state index in [0.29, 0.717) is 5.69 Å². The lowest BCUT2D eigenvalue weighted by molar-refractivity contribution is 0.102. The molecule has 5 rings (SSSR count). The number of pyridine rings is 1. The van der Waals surface area contributed by atoms with Gasteiger partial charge in [-0.15, -0.1) is 5.10 Å². The summed E-state index contributed by atoms with van der Waals surface area (Å²) in [7, 11) is 0. The number of anilines is 1. The average molecular weight is 394 g/mol. The fourth-order valence-electron chi connectivity index (χ4n) is 3.26. The summed E-state index contributed by atoms with van der Waals surface area (Å²) in [5.74, 6) is -0.311. The van der Waals surface area contributed by atoms with E-state index < -0.39 is 0 Å². The molecule has 0 atom stereocenters. The van der Waals surface area contributed by atoms with Crippen LogP contribution in [0.5, 0.6) is 0 Å². The van der Waals surface area contributed by atoms with E-state index in [1.54, 1.807) is 10.9 Å². The van der Waals surface area contributed by atoms with Crippen LogP contribution in [0.4, 0.5) is 5.69 Å². The molecule has 2 aromatic carbocycles. The number of hydrogen-bond acceptors (Lipinski definition) is 4. The average Bonchev–Trinajstić information content (AvgIpc) is 3.42. The summed E-state index contributed by atoms with van der Waals surface area (Å²) in [6.07, 6.45) is 5.56. The van der Waals surface area contributed by atoms with E-state index in [4.69, 9.17) is 0 Å². The van der Waals surface area contributed by atoms with Gasteiger partial charge in [-0.25, -0.2) is 9.67 Å². The highest BCUT2D eigenvalue weighted by atomic mass is 16.2. The molecule has 1 N–H and O–H groups in total. The summed E-state index contributed by atoms with van der Waals surface area (Å²) in [5, 5.41) is 10.9. The highest BCUT2D eigenvalue weighted by molar-refractivity contribution is 6.02. The normalized spacial score (nSPS) is 11.0. The molecule has 146 valence electrons. The van der Waals surface area contributed by atoms with Gasteiger partial charge in [0.2, 0.25) is 0 Å². The second-order valence-corrected chi connectivity index (χ2v) is 7.01. The van der Waals surface area contributed by atoms with Crippen LogP contribution >= 0.6 is 0 Å². The molecule has 3 heterocycles. The van der Waals surface area contributed by atoms with Gasteiger partial charge in [-0.1, -0.05) is 35.5 Å². The van der Waals surface area contributed by atoms with Crippen molar-refractivity contribution in [1.29, 1.82) is 0 Å². The van der Waals surface area contributed by atoms with Crippen molar-refractivity contribution in [3.63, 3.8) is 0 Å². The predicted octanol–water partition coefficient (Wildman–Crippen LogP) is 4.14. The Kier molecular flexibility index (Phi) is 4.33. The van der Waals surface area contributed by atoms with Gasteiger partial charge in [0, 0.05) is 23.6 Å². The predicted molar refractivity (Wildman–Crippen MR) is 115 cm³/mol. The van der Waals surface area contributed by atoms with Gasteiger partial charge in [-0.05, 0) is 48.9 Å². The van der Waals surface area contributed by atoms with Crippen molar-refractivity contribution in [3.05, 3.63) is 96.6 Å². The standard InChI is InChI=1S/C23H18N6O/c1-16-5-4-6-19(13-16)29-15-21(26-27-29)23(30)24-18-10-8-17(9-11-18)20-14-28-12-3-2-7-22(28)25-20/h2-15H,1H3,(H,24,30). The molecule has 1 amide bonds. The van der Waals surface area contributed by atoms with Crippen molar-refractivity contribution in [1.82, 2.24) is 24.4 Å². The number of fused-ring (bicyclic) bond motifs is 1. The molecule has 0 unspecified atom stereocenters. The molecule has 7 nitrogen and oxygen atoms in total. The fraction of sp³-hybridized carbons (Fsp3) is 0.0435. The minimum absolute atomic E-state index is 0.251. The number of aryl methyl sites for hydroxylation is 1. The lowest BCUT2D eigenvalue weighted by Crippen LogP contribution is -2.12. The van der Waals surface area contributed by atoms with Crippen LogP contribution in [0.25, 0.3) is 22.6 Å². The third-order valence-corrected chi connectivity index (χ3v) is 4.79. The van der Waals surface area contributed by atoms with Crippen molar-refractivity contribution < 1.29 is 4.79 Å². The number of carbonyl (C=O) groups is 1. The zero-order valence-corrected chi connectivity index (χ0v) is 16.2. The zero-order valence-electron chi connectivity index (χ0n) is 16.2. The number of benzene rings is 2. The Labute approximate surface area is 172 Å². The molecule has 5 aromatic rings. The molecule has 0 saturated heterocycles. The van der Waals surface area contributed by atoms with Crippen molar-refractivity contribution in [3.8, 4) is 16.9 Å². The first-order chi connectivity index (χ1) is 14.7. The quantitative estimate of drug-likeness (QED) is 0.497. The molecule has 0 saturated carbocycles. The van der Waals surface area contributed by atoms with Gasteiger partial charge in [0.1, 0.15) is 5.65 Å². The molecular weight excluding hydrogens is 376 g/mol. The molecule has 3 aromatic heterocycles. The molecular formula is C23H18N6O. The first kappa shape index (κ1) is 17.8. The Morgan fingerprint density at radius 2 is 1.83 bits per heavy atom. The number of imidazole rings is 1. The Hall–Kier alpha value is -4.26. The number of hydrogen-bond donors (Lipinski definition) is 1. The maximum absolute atomic E-state index is 12.6. The number of aromatic nitrogens is 5. The van der Waals surface area contributed by atoms with E-state index in [9.17, 15) is 4.79 Å². The lowest BCUT2D eigenvalue weighted by Gasteiger charge is -2.04. The largest absolute Gasteiger partial charge is 0.321 e. The van der Waals surface area contributed by atoms with Gasteiger partial charge < -0.3 is 9.72 Å². The molecule has 0 aliphatic heterocycles. The van der Waals surface area contributed by atoms with Gasteiger partial charge in [-0.3, -0.25) is 4.79 Å². The SMILES string of the molecule is Cc1cccc(-n2cc(C(=O)Nc3ccc(-c4cn5ccccc5n4)cc3)nn2)c1. The maximum atomic E-state index is 12.6. The van der Waals surface area contributed by atoms with Crippen molar-refractivity contribution in [2.75, 3.05) is 5.32 Å². The van der Waals surface area contributed by atoms with Gasteiger partial charge in [0.25, 0.3) is 5.91 Å². The Balaban J connectivity index is 1.32. The van der Waals surface area contributed by atoms with Crippen LogP contribution in [0.2, 0.25) is 0 Å². The van der Waals surface area contributed by atoms with Crippen LogP contribution in [0.3, 0.4) is 0 Å². The fourth-order valence-corrected chi connectivity index (χ4v) is 3.26. The van der Waals surface area contributed by atoms with Gasteiger partial charge in [-0.2, -0.15) is 0 Å². The van der Waals surface area contributed by atoms with E-state index in [1.807, 2.05) is 90.4 Å². The maximum Gasteiger partial charge on any atom is 0.277 e. The summed E-state index contributed by atoms with van der Waals surface area (Å²) >= 11 is 0. The van der Waals surface area contributed by atoms with Gasteiger partial charge in [0.05, 0.1) is 17.6 Å². The third-order valence-electron chi connectivity index (χ3n) is 4.79. The van der Waals surface area contributed by atoms with E-state index in [1.165, 1.54) is 0 Å². The number of rotatable bonds is 4. The monoisotopic (exact) mass is 394 g/mol. The Morgan fingerprint density at radius 3 is 2.63 bits per heavy atom. The summed E-state index contributed by atoms with van der Waals surface area (Å²) < 4.78 is 3.57. The summed E-state index contributed by atoms with van der Waals surface area (Å²) in [4.78, 5) is 17.2. The minimum atomic E-state index is -0.311. The number of nitrogens with one attached hydrogen (secondary N) is 1. The molecule has 0 spiro atoms. The molecule has 0 radical (unpaired) electrons. The Bertz CT molecular complexity index is 1320. The molecule has 0 aliphatic carbocycles. The highest BCUT2D eigenvalue weighted by Crippen LogP contribution is 2.21. The number of carbonyl (C=O) groups excluding carboxylic acids is 1. The van der Waals surface area contributed by atoms with Crippen LogP contribution in [-0.4, -0.2) is 30.3 Å². The second-order valence-electron chi connectivity index (χ2n) is 7.01. The molecule has 30 heavy (non-hydrogen) atoms. The molecule has 7 heteroatoms. The van der Waals surface area contributed by atoms with Crippen LogP contribution in [-0.2, 0) is 0 Å². The minimum Gasteiger partial charge on any atom is -0.321 e.